The van der Waals surface area contributed by atoms with Crippen molar-refractivity contribution in [1.29, 1.82) is 0 Å². The van der Waals surface area contributed by atoms with Gasteiger partial charge in [-0.25, -0.2) is 0 Å². The van der Waals surface area contributed by atoms with Gasteiger partial charge in [-0.3, -0.25) is 4.68 Å². The van der Waals surface area contributed by atoms with Gasteiger partial charge in [-0.05, 0) is 55.6 Å². The van der Waals surface area contributed by atoms with E-state index in [-0.39, 0.29) is 0 Å². The van der Waals surface area contributed by atoms with Crippen LogP contribution in [-0.4, -0.2) is 22.9 Å². The highest BCUT2D eigenvalue weighted by Crippen LogP contribution is 2.12. The number of rotatable bonds is 8. The van der Waals surface area contributed by atoms with Gasteiger partial charge < -0.3 is 5.32 Å². The number of nitrogens with zero attached hydrogens (tertiary/aromatic N) is 2. The molecule has 0 atom stereocenters. The summed E-state index contributed by atoms with van der Waals surface area (Å²) >= 11 is 5.99. The summed E-state index contributed by atoms with van der Waals surface area (Å²) in [6.45, 7) is 5.14. The first-order valence-corrected chi connectivity index (χ1v) is 7.62. The van der Waals surface area contributed by atoms with E-state index in [9.17, 15) is 0 Å². The SMILES string of the molecule is CCCNCCCc1cnn(Cc2cccc(Cl)c2)c1. The first kappa shape index (κ1) is 15.1. The molecular formula is C16H22ClN3. The minimum absolute atomic E-state index is 0.772. The number of aryl methyl sites for hydroxylation is 1. The molecule has 1 N–H and O–H groups in total. The smallest absolute Gasteiger partial charge is 0.0659 e. The number of benzene rings is 1. The molecule has 2 rings (SSSR count). The summed E-state index contributed by atoms with van der Waals surface area (Å²) in [6.07, 6.45) is 7.51. The highest BCUT2D eigenvalue weighted by Gasteiger charge is 2.00. The van der Waals surface area contributed by atoms with Crippen molar-refractivity contribution in [3.8, 4) is 0 Å². The van der Waals surface area contributed by atoms with Crippen molar-refractivity contribution >= 4 is 11.6 Å². The summed E-state index contributed by atoms with van der Waals surface area (Å²) in [5.74, 6) is 0. The van der Waals surface area contributed by atoms with Gasteiger partial charge in [0, 0.05) is 11.2 Å². The molecule has 3 nitrogen and oxygen atoms in total. The van der Waals surface area contributed by atoms with Crippen LogP contribution in [0.5, 0.6) is 0 Å². The molecule has 0 spiro atoms. The maximum atomic E-state index is 5.99. The molecule has 0 saturated heterocycles. The van der Waals surface area contributed by atoms with Crippen LogP contribution in [0.1, 0.15) is 30.9 Å². The molecule has 0 amide bonds. The zero-order valence-electron chi connectivity index (χ0n) is 12.0. The van der Waals surface area contributed by atoms with E-state index in [1.165, 1.54) is 17.5 Å². The number of nitrogens with one attached hydrogen (secondary N) is 1. The second-order valence-corrected chi connectivity index (χ2v) is 5.47. The highest BCUT2D eigenvalue weighted by molar-refractivity contribution is 6.30. The third-order valence-corrected chi connectivity index (χ3v) is 3.40. The van der Waals surface area contributed by atoms with Crippen molar-refractivity contribution in [2.24, 2.45) is 0 Å². The molecule has 20 heavy (non-hydrogen) atoms. The van der Waals surface area contributed by atoms with E-state index in [2.05, 4.69) is 29.6 Å². The zero-order valence-corrected chi connectivity index (χ0v) is 12.7. The zero-order chi connectivity index (χ0) is 14.2. The van der Waals surface area contributed by atoms with Crippen LogP contribution in [0.15, 0.2) is 36.7 Å². The molecule has 1 aromatic heterocycles. The van der Waals surface area contributed by atoms with Gasteiger partial charge in [-0.1, -0.05) is 30.7 Å². The van der Waals surface area contributed by atoms with Crippen LogP contribution in [0.25, 0.3) is 0 Å². The standard InChI is InChI=1S/C16H22ClN3/c1-2-8-18-9-4-6-15-11-19-20(13-15)12-14-5-3-7-16(17)10-14/h3,5,7,10-11,13,18H,2,4,6,8-9,12H2,1H3. The van der Waals surface area contributed by atoms with Gasteiger partial charge in [0.15, 0.2) is 0 Å². The molecule has 0 fully saturated rings. The number of aromatic nitrogens is 2. The Hall–Kier alpha value is -1.32. The molecule has 1 heterocycles. The quantitative estimate of drug-likeness (QED) is 0.754. The lowest BCUT2D eigenvalue weighted by Crippen LogP contribution is -2.16. The minimum atomic E-state index is 0.772. The average molecular weight is 292 g/mol. The highest BCUT2D eigenvalue weighted by atomic mass is 35.5. The second-order valence-electron chi connectivity index (χ2n) is 5.03. The fraction of sp³-hybridized carbons (Fsp3) is 0.438. The maximum Gasteiger partial charge on any atom is 0.0659 e. The Morgan fingerprint density at radius 3 is 2.95 bits per heavy atom. The first-order valence-electron chi connectivity index (χ1n) is 7.24. The summed E-state index contributed by atoms with van der Waals surface area (Å²) in [5, 5.41) is 8.60. The van der Waals surface area contributed by atoms with Crippen LogP contribution in [0.3, 0.4) is 0 Å². The topological polar surface area (TPSA) is 29.9 Å². The van der Waals surface area contributed by atoms with E-state index in [1.54, 1.807) is 0 Å². The van der Waals surface area contributed by atoms with Gasteiger partial charge in [0.05, 0.1) is 12.7 Å². The molecule has 2 aromatic rings. The second kappa shape index (κ2) is 8.08. The maximum absolute atomic E-state index is 5.99. The van der Waals surface area contributed by atoms with Gasteiger partial charge in [-0.2, -0.15) is 5.10 Å². The summed E-state index contributed by atoms with van der Waals surface area (Å²) in [7, 11) is 0. The van der Waals surface area contributed by atoms with E-state index in [0.29, 0.717) is 0 Å². The van der Waals surface area contributed by atoms with Crippen molar-refractivity contribution in [3.63, 3.8) is 0 Å². The largest absolute Gasteiger partial charge is 0.317 e. The Labute approximate surface area is 126 Å². The van der Waals surface area contributed by atoms with E-state index in [1.807, 2.05) is 29.1 Å². The van der Waals surface area contributed by atoms with E-state index >= 15 is 0 Å². The normalized spacial score (nSPS) is 10.9. The minimum Gasteiger partial charge on any atom is -0.317 e. The first-order chi connectivity index (χ1) is 9.78. The third kappa shape index (κ3) is 4.99. The Balaban J connectivity index is 1.80. The van der Waals surface area contributed by atoms with E-state index in [0.717, 1.165) is 37.5 Å². The molecule has 4 heteroatoms. The summed E-state index contributed by atoms with van der Waals surface area (Å²) < 4.78 is 1.97. The fourth-order valence-corrected chi connectivity index (χ4v) is 2.38. The van der Waals surface area contributed by atoms with Gasteiger partial charge in [0.2, 0.25) is 0 Å². The Morgan fingerprint density at radius 1 is 1.25 bits per heavy atom. The number of hydrogen-bond donors (Lipinski definition) is 1. The van der Waals surface area contributed by atoms with Crippen LogP contribution in [-0.2, 0) is 13.0 Å². The van der Waals surface area contributed by atoms with Crippen molar-refractivity contribution in [2.75, 3.05) is 13.1 Å². The van der Waals surface area contributed by atoms with Crippen molar-refractivity contribution in [3.05, 3.63) is 52.8 Å². The summed E-state index contributed by atoms with van der Waals surface area (Å²) in [6, 6.07) is 7.92. The van der Waals surface area contributed by atoms with Gasteiger partial charge in [0.25, 0.3) is 0 Å². The third-order valence-electron chi connectivity index (χ3n) is 3.17. The van der Waals surface area contributed by atoms with Crippen LogP contribution < -0.4 is 5.32 Å². The molecule has 0 aliphatic rings. The predicted molar refractivity (Wildman–Crippen MR) is 84.3 cm³/mol. The monoisotopic (exact) mass is 291 g/mol. The number of halogens is 1. The average Bonchev–Trinajstić information content (AvgIpc) is 2.86. The summed E-state index contributed by atoms with van der Waals surface area (Å²) in [4.78, 5) is 0. The van der Waals surface area contributed by atoms with Gasteiger partial charge in [0.1, 0.15) is 0 Å². The lowest BCUT2D eigenvalue weighted by Gasteiger charge is -2.02. The van der Waals surface area contributed by atoms with Gasteiger partial charge in [-0.15, -0.1) is 0 Å². The predicted octanol–water partition coefficient (Wildman–Crippen LogP) is 3.52. The molecule has 0 bridgehead atoms. The van der Waals surface area contributed by atoms with Crippen LogP contribution in [0.2, 0.25) is 5.02 Å². The molecule has 108 valence electrons. The Bertz CT molecular complexity index is 522. The van der Waals surface area contributed by atoms with Crippen molar-refractivity contribution in [2.45, 2.75) is 32.7 Å². The fourth-order valence-electron chi connectivity index (χ4n) is 2.16. The van der Waals surface area contributed by atoms with Gasteiger partial charge >= 0.3 is 0 Å². The lowest BCUT2D eigenvalue weighted by atomic mass is 10.2. The van der Waals surface area contributed by atoms with Crippen LogP contribution in [0, 0.1) is 0 Å². The van der Waals surface area contributed by atoms with Crippen molar-refractivity contribution < 1.29 is 0 Å². The van der Waals surface area contributed by atoms with Crippen LogP contribution in [0.4, 0.5) is 0 Å². The molecule has 0 aliphatic heterocycles. The van der Waals surface area contributed by atoms with E-state index < -0.39 is 0 Å². The Morgan fingerprint density at radius 2 is 2.15 bits per heavy atom. The lowest BCUT2D eigenvalue weighted by molar-refractivity contribution is 0.639. The molecule has 0 radical (unpaired) electrons. The molecular weight excluding hydrogens is 270 g/mol. The number of hydrogen-bond acceptors (Lipinski definition) is 2. The molecule has 0 unspecified atom stereocenters. The molecule has 1 aromatic carbocycles. The Kier molecular flexibility index (Phi) is 6.09. The van der Waals surface area contributed by atoms with E-state index in [4.69, 9.17) is 11.6 Å². The van der Waals surface area contributed by atoms with Crippen molar-refractivity contribution in [1.82, 2.24) is 15.1 Å². The molecule has 0 aliphatic carbocycles. The molecule has 0 saturated carbocycles. The van der Waals surface area contributed by atoms with Crippen LogP contribution >= 0.6 is 11.6 Å². The summed E-state index contributed by atoms with van der Waals surface area (Å²) in [5.41, 5.74) is 2.47.